The van der Waals surface area contributed by atoms with Gasteiger partial charge < -0.3 is 14.9 Å². The lowest BCUT2D eigenvalue weighted by Gasteiger charge is -2.34. The first kappa shape index (κ1) is 15.9. The Morgan fingerprint density at radius 2 is 1.90 bits per heavy atom. The summed E-state index contributed by atoms with van der Waals surface area (Å²) in [6.07, 6.45) is 0. The molecule has 1 aromatic heterocycles. The number of urea groups is 1. The minimum absolute atomic E-state index is 0.334. The first-order valence-corrected chi connectivity index (χ1v) is 6.31. The molecule has 6 heteroatoms. The average molecular weight is 279 g/mol. The van der Waals surface area contributed by atoms with Crippen LogP contribution < -0.4 is 0 Å². The van der Waals surface area contributed by atoms with E-state index in [1.807, 2.05) is 25.1 Å². The Kier molecular flexibility index (Phi) is 4.70. The number of likely N-dealkylation sites (N-methyl/N-ethyl adjacent to an activating group) is 1. The molecular weight excluding hydrogens is 258 g/mol. The number of aliphatic carboxylic acids is 1. The number of nitrogens with zero attached hydrogens (tertiary/aromatic N) is 3. The van der Waals surface area contributed by atoms with Crippen molar-refractivity contribution in [2.24, 2.45) is 0 Å². The highest BCUT2D eigenvalue weighted by atomic mass is 16.4. The number of carbonyl (C=O) groups excluding carboxylic acids is 1. The zero-order chi connectivity index (χ0) is 15.5. The fraction of sp³-hybridized carbons (Fsp3) is 0.500. The molecule has 0 saturated heterocycles. The number of amides is 2. The molecule has 0 aromatic carbocycles. The van der Waals surface area contributed by atoms with E-state index in [-0.39, 0.29) is 6.03 Å². The number of pyridine rings is 1. The molecule has 1 heterocycles. The average Bonchev–Trinajstić information content (AvgIpc) is 2.36. The molecule has 0 aliphatic heterocycles. The van der Waals surface area contributed by atoms with Gasteiger partial charge in [-0.3, -0.25) is 4.98 Å². The molecule has 0 fully saturated rings. The normalized spacial score (nSPS) is 11.1. The molecule has 2 amide bonds. The molecule has 1 aromatic rings. The number of hydrogen-bond donors (Lipinski definition) is 1. The van der Waals surface area contributed by atoms with Gasteiger partial charge in [0.05, 0.1) is 12.2 Å². The standard InChI is InChI=1S/C14H21N3O3/c1-10-7-6-8-11(15-10)9-16(4)13(20)17(5)14(2,3)12(18)19/h6-8H,9H2,1-5H3,(H,18,19). The molecule has 1 rings (SSSR count). The van der Waals surface area contributed by atoms with E-state index < -0.39 is 11.5 Å². The van der Waals surface area contributed by atoms with Gasteiger partial charge in [0.1, 0.15) is 5.54 Å². The first-order chi connectivity index (χ1) is 9.16. The van der Waals surface area contributed by atoms with Crippen LogP contribution in [0.1, 0.15) is 25.2 Å². The van der Waals surface area contributed by atoms with E-state index in [1.54, 1.807) is 7.05 Å². The van der Waals surface area contributed by atoms with Crippen molar-refractivity contribution in [3.8, 4) is 0 Å². The van der Waals surface area contributed by atoms with Crippen molar-refractivity contribution in [1.82, 2.24) is 14.8 Å². The summed E-state index contributed by atoms with van der Waals surface area (Å²) in [7, 11) is 3.11. The maximum absolute atomic E-state index is 12.2. The molecular formula is C14H21N3O3. The molecule has 0 atom stereocenters. The summed E-state index contributed by atoms with van der Waals surface area (Å²) in [6.45, 7) is 5.20. The van der Waals surface area contributed by atoms with Crippen LogP contribution in [0.5, 0.6) is 0 Å². The monoisotopic (exact) mass is 279 g/mol. The number of hydrogen-bond acceptors (Lipinski definition) is 3. The van der Waals surface area contributed by atoms with E-state index in [2.05, 4.69) is 4.98 Å². The van der Waals surface area contributed by atoms with Crippen LogP contribution in [0.25, 0.3) is 0 Å². The lowest BCUT2D eigenvalue weighted by atomic mass is 10.0. The predicted molar refractivity (Wildman–Crippen MR) is 75.3 cm³/mol. The topological polar surface area (TPSA) is 73.7 Å². The van der Waals surface area contributed by atoms with Gasteiger partial charge in [-0.05, 0) is 32.9 Å². The van der Waals surface area contributed by atoms with E-state index in [0.717, 1.165) is 11.4 Å². The van der Waals surface area contributed by atoms with Gasteiger partial charge >= 0.3 is 12.0 Å². The second kappa shape index (κ2) is 5.90. The van der Waals surface area contributed by atoms with Crippen molar-refractivity contribution >= 4 is 12.0 Å². The summed E-state index contributed by atoms with van der Waals surface area (Å²) in [5, 5.41) is 9.14. The van der Waals surface area contributed by atoms with Gasteiger partial charge in [-0.2, -0.15) is 0 Å². The van der Waals surface area contributed by atoms with E-state index >= 15 is 0 Å². The smallest absolute Gasteiger partial charge is 0.329 e. The molecule has 110 valence electrons. The summed E-state index contributed by atoms with van der Waals surface area (Å²) in [5.41, 5.74) is 0.385. The van der Waals surface area contributed by atoms with Gasteiger partial charge in [-0.15, -0.1) is 0 Å². The summed E-state index contributed by atoms with van der Waals surface area (Å²) in [6, 6.07) is 5.23. The van der Waals surface area contributed by atoms with Crippen molar-refractivity contribution in [2.45, 2.75) is 32.9 Å². The molecule has 0 aliphatic rings. The van der Waals surface area contributed by atoms with Gasteiger partial charge in [0, 0.05) is 19.8 Å². The number of carboxylic acids is 1. The van der Waals surface area contributed by atoms with Crippen molar-refractivity contribution in [2.75, 3.05) is 14.1 Å². The van der Waals surface area contributed by atoms with Crippen molar-refractivity contribution in [1.29, 1.82) is 0 Å². The Morgan fingerprint density at radius 1 is 1.30 bits per heavy atom. The van der Waals surface area contributed by atoms with Gasteiger partial charge in [-0.1, -0.05) is 6.07 Å². The van der Waals surface area contributed by atoms with Crippen LogP contribution in [-0.4, -0.2) is 51.5 Å². The predicted octanol–water partition coefficient (Wildman–Crippen LogP) is 1.74. The van der Waals surface area contributed by atoms with E-state index in [9.17, 15) is 9.59 Å². The van der Waals surface area contributed by atoms with Crippen LogP contribution >= 0.6 is 0 Å². The third-order valence-corrected chi connectivity index (χ3v) is 3.32. The maximum atomic E-state index is 12.2. The summed E-state index contributed by atoms with van der Waals surface area (Å²) >= 11 is 0. The lowest BCUT2D eigenvalue weighted by molar-refractivity contribution is -0.147. The van der Waals surface area contributed by atoms with E-state index in [4.69, 9.17) is 5.11 Å². The van der Waals surface area contributed by atoms with Crippen LogP contribution in [0.3, 0.4) is 0 Å². The number of carbonyl (C=O) groups is 2. The van der Waals surface area contributed by atoms with Crippen LogP contribution in [0, 0.1) is 6.92 Å². The zero-order valence-corrected chi connectivity index (χ0v) is 12.5. The van der Waals surface area contributed by atoms with Gasteiger partial charge in [0.15, 0.2) is 0 Å². The van der Waals surface area contributed by atoms with Crippen molar-refractivity contribution < 1.29 is 14.7 Å². The zero-order valence-electron chi connectivity index (χ0n) is 12.5. The fourth-order valence-corrected chi connectivity index (χ4v) is 1.64. The van der Waals surface area contributed by atoms with Crippen LogP contribution in [0.2, 0.25) is 0 Å². The highest BCUT2D eigenvalue weighted by Crippen LogP contribution is 2.15. The molecule has 6 nitrogen and oxygen atoms in total. The molecule has 0 unspecified atom stereocenters. The molecule has 1 N–H and O–H groups in total. The molecule has 0 spiro atoms. The molecule has 20 heavy (non-hydrogen) atoms. The largest absolute Gasteiger partial charge is 0.480 e. The van der Waals surface area contributed by atoms with Gasteiger partial charge in [-0.25, -0.2) is 9.59 Å². The number of aryl methyl sites for hydroxylation is 1. The number of aromatic nitrogens is 1. The lowest BCUT2D eigenvalue weighted by Crippen LogP contribution is -2.54. The second-order valence-electron chi connectivity index (χ2n) is 5.33. The van der Waals surface area contributed by atoms with Crippen molar-refractivity contribution in [3.63, 3.8) is 0 Å². The Balaban J connectivity index is 2.79. The minimum atomic E-state index is -1.26. The van der Waals surface area contributed by atoms with Gasteiger partial charge in [0.2, 0.25) is 0 Å². The maximum Gasteiger partial charge on any atom is 0.329 e. The van der Waals surface area contributed by atoms with Crippen LogP contribution in [-0.2, 0) is 11.3 Å². The third-order valence-electron chi connectivity index (χ3n) is 3.32. The Labute approximate surface area is 119 Å². The third kappa shape index (κ3) is 3.46. The second-order valence-corrected chi connectivity index (χ2v) is 5.33. The summed E-state index contributed by atoms with van der Waals surface area (Å²) in [4.78, 5) is 30.4. The molecule has 0 bridgehead atoms. The van der Waals surface area contributed by atoms with Gasteiger partial charge in [0.25, 0.3) is 0 Å². The van der Waals surface area contributed by atoms with Crippen molar-refractivity contribution in [3.05, 3.63) is 29.6 Å². The highest BCUT2D eigenvalue weighted by molar-refractivity contribution is 5.85. The first-order valence-electron chi connectivity index (χ1n) is 6.31. The Bertz CT molecular complexity index is 514. The summed E-state index contributed by atoms with van der Waals surface area (Å²) < 4.78 is 0. The minimum Gasteiger partial charge on any atom is -0.480 e. The molecule has 0 radical (unpaired) electrons. The van der Waals surface area contributed by atoms with E-state index in [0.29, 0.717) is 6.54 Å². The number of carboxylic acid groups (broad SMARTS) is 1. The van der Waals surface area contributed by atoms with Crippen LogP contribution in [0.15, 0.2) is 18.2 Å². The quantitative estimate of drug-likeness (QED) is 0.911. The fourth-order valence-electron chi connectivity index (χ4n) is 1.64. The number of rotatable bonds is 4. The Hall–Kier alpha value is -2.11. The van der Waals surface area contributed by atoms with Crippen LogP contribution in [0.4, 0.5) is 4.79 Å². The highest BCUT2D eigenvalue weighted by Gasteiger charge is 2.36. The Morgan fingerprint density at radius 3 is 2.40 bits per heavy atom. The molecule has 0 aliphatic carbocycles. The SMILES string of the molecule is Cc1cccc(CN(C)C(=O)N(C)C(C)(C)C(=O)O)n1. The molecule has 0 saturated carbocycles. The van der Waals surface area contributed by atoms with E-state index in [1.165, 1.54) is 30.7 Å². The summed E-state index contributed by atoms with van der Waals surface area (Å²) in [5.74, 6) is -1.05.